The zero-order valence-corrected chi connectivity index (χ0v) is 10.7. The SMILES string of the molecule is CCC[C@H]1CC[C@H](NC2CCOCC2)CC1. The van der Waals surface area contributed by atoms with Crippen LogP contribution in [0.1, 0.15) is 58.3 Å². The fourth-order valence-corrected chi connectivity index (χ4v) is 3.22. The third kappa shape index (κ3) is 3.74. The van der Waals surface area contributed by atoms with Crippen molar-refractivity contribution in [2.75, 3.05) is 13.2 Å². The lowest BCUT2D eigenvalue weighted by Crippen LogP contribution is -2.43. The van der Waals surface area contributed by atoms with Gasteiger partial charge in [-0.2, -0.15) is 0 Å². The Morgan fingerprint density at radius 3 is 2.19 bits per heavy atom. The van der Waals surface area contributed by atoms with Crippen LogP contribution in [-0.2, 0) is 4.74 Å². The summed E-state index contributed by atoms with van der Waals surface area (Å²) in [4.78, 5) is 0. The highest BCUT2D eigenvalue weighted by atomic mass is 16.5. The molecule has 2 aliphatic rings. The van der Waals surface area contributed by atoms with Crippen LogP contribution in [0.2, 0.25) is 0 Å². The zero-order chi connectivity index (χ0) is 11.2. The fraction of sp³-hybridized carbons (Fsp3) is 1.00. The summed E-state index contributed by atoms with van der Waals surface area (Å²) in [5.41, 5.74) is 0. The highest BCUT2D eigenvalue weighted by Crippen LogP contribution is 2.28. The Morgan fingerprint density at radius 2 is 1.56 bits per heavy atom. The first kappa shape index (κ1) is 12.4. The minimum atomic E-state index is 0.737. The Morgan fingerprint density at radius 1 is 0.938 bits per heavy atom. The summed E-state index contributed by atoms with van der Waals surface area (Å²) in [5.74, 6) is 1.03. The molecule has 94 valence electrons. The Hall–Kier alpha value is -0.0800. The Labute approximate surface area is 100 Å². The molecule has 2 rings (SSSR count). The van der Waals surface area contributed by atoms with Gasteiger partial charge in [0.15, 0.2) is 0 Å². The lowest BCUT2D eigenvalue weighted by Gasteiger charge is -2.33. The van der Waals surface area contributed by atoms with E-state index in [1.54, 1.807) is 0 Å². The van der Waals surface area contributed by atoms with Crippen molar-refractivity contribution in [3.63, 3.8) is 0 Å². The standard InChI is InChI=1S/C14H27NO/c1-2-3-12-4-6-13(7-5-12)15-14-8-10-16-11-9-14/h12-15H,2-11H2,1H3/t12-,13-. The van der Waals surface area contributed by atoms with Gasteiger partial charge in [-0.15, -0.1) is 0 Å². The number of ether oxygens (including phenoxy) is 1. The summed E-state index contributed by atoms with van der Waals surface area (Å²) in [6.07, 6.45) is 11.0. The molecular weight excluding hydrogens is 198 g/mol. The van der Waals surface area contributed by atoms with Gasteiger partial charge >= 0.3 is 0 Å². The van der Waals surface area contributed by atoms with Crippen molar-refractivity contribution >= 4 is 0 Å². The van der Waals surface area contributed by atoms with Crippen molar-refractivity contribution in [2.24, 2.45) is 5.92 Å². The van der Waals surface area contributed by atoms with Gasteiger partial charge in [0.2, 0.25) is 0 Å². The lowest BCUT2D eigenvalue weighted by atomic mass is 9.83. The summed E-state index contributed by atoms with van der Waals surface area (Å²) in [5, 5.41) is 3.84. The monoisotopic (exact) mass is 225 g/mol. The van der Waals surface area contributed by atoms with Gasteiger partial charge in [-0.05, 0) is 44.4 Å². The van der Waals surface area contributed by atoms with Crippen LogP contribution < -0.4 is 5.32 Å². The van der Waals surface area contributed by atoms with E-state index in [-0.39, 0.29) is 0 Å². The van der Waals surface area contributed by atoms with Gasteiger partial charge in [0.1, 0.15) is 0 Å². The molecule has 0 radical (unpaired) electrons. The molecule has 1 N–H and O–H groups in total. The van der Waals surface area contributed by atoms with Crippen LogP contribution in [0.25, 0.3) is 0 Å². The number of hydrogen-bond donors (Lipinski definition) is 1. The predicted molar refractivity (Wildman–Crippen MR) is 67.6 cm³/mol. The molecule has 0 aromatic heterocycles. The fourth-order valence-electron chi connectivity index (χ4n) is 3.22. The molecule has 0 amide bonds. The van der Waals surface area contributed by atoms with Gasteiger partial charge in [-0.25, -0.2) is 0 Å². The minimum Gasteiger partial charge on any atom is -0.381 e. The van der Waals surface area contributed by atoms with E-state index in [1.165, 1.54) is 51.4 Å². The smallest absolute Gasteiger partial charge is 0.0480 e. The lowest BCUT2D eigenvalue weighted by molar-refractivity contribution is 0.0721. The van der Waals surface area contributed by atoms with Crippen molar-refractivity contribution in [1.29, 1.82) is 0 Å². The van der Waals surface area contributed by atoms with E-state index in [2.05, 4.69) is 12.2 Å². The van der Waals surface area contributed by atoms with Crippen LogP contribution in [0.5, 0.6) is 0 Å². The first-order valence-electron chi connectivity index (χ1n) is 7.22. The van der Waals surface area contributed by atoms with Crippen LogP contribution >= 0.6 is 0 Å². The average molecular weight is 225 g/mol. The summed E-state index contributed by atoms with van der Waals surface area (Å²) in [6, 6.07) is 1.54. The highest BCUT2D eigenvalue weighted by molar-refractivity contribution is 4.81. The van der Waals surface area contributed by atoms with Crippen molar-refractivity contribution in [3.05, 3.63) is 0 Å². The van der Waals surface area contributed by atoms with Gasteiger partial charge in [-0.1, -0.05) is 19.8 Å². The molecule has 16 heavy (non-hydrogen) atoms. The van der Waals surface area contributed by atoms with Crippen LogP contribution in [0.15, 0.2) is 0 Å². The molecule has 2 nitrogen and oxygen atoms in total. The van der Waals surface area contributed by atoms with Crippen molar-refractivity contribution in [1.82, 2.24) is 5.32 Å². The molecule has 0 unspecified atom stereocenters. The third-order valence-electron chi connectivity index (χ3n) is 4.24. The van der Waals surface area contributed by atoms with Crippen molar-refractivity contribution in [2.45, 2.75) is 70.4 Å². The topological polar surface area (TPSA) is 21.3 Å². The number of rotatable bonds is 4. The van der Waals surface area contributed by atoms with E-state index >= 15 is 0 Å². The maximum atomic E-state index is 5.40. The van der Waals surface area contributed by atoms with Crippen LogP contribution in [-0.4, -0.2) is 25.3 Å². The summed E-state index contributed by atoms with van der Waals surface area (Å²) in [7, 11) is 0. The maximum absolute atomic E-state index is 5.40. The van der Waals surface area contributed by atoms with Crippen LogP contribution in [0, 0.1) is 5.92 Å². The third-order valence-corrected chi connectivity index (χ3v) is 4.24. The van der Waals surface area contributed by atoms with E-state index in [4.69, 9.17) is 4.74 Å². The summed E-state index contributed by atoms with van der Waals surface area (Å²) in [6.45, 7) is 4.23. The van der Waals surface area contributed by atoms with Gasteiger partial charge < -0.3 is 10.1 Å². The molecule has 1 aliphatic carbocycles. The molecule has 1 saturated carbocycles. The normalized spacial score (nSPS) is 32.8. The number of hydrogen-bond acceptors (Lipinski definition) is 2. The molecule has 0 atom stereocenters. The maximum Gasteiger partial charge on any atom is 0.0480 e. The van der Waals surface area contributed by atoms with E-state index in [9.17, 15) is 0 Å². The molecule has 1 heterocycles. The average Bonchev–Trinajstić information content (AvgIpc) is 2.33. The molecule has 0 bridgehead atoms. The Bertz CT molecular complexity index is 181. The second-order valence-corrected chi connectivity index (χ2v) is 5.56. The molecular formula is C14H27NO. The molecule has 1 saturated heterocycles. The van der Waals surface area contributed by atoms with Crippen LogP contribution in [0.4, 0.5) is 0 Å². The zero-order valence-electron chi connectivity index (χ0n) is 10.7. The quantitative estimate of drug-likeness (QED) is 0.794. The minimum absolute atomic E-state index is 0.737. The van der Waals surface area contributed by atoms with E-state index in [0.29, 0.717) is 0 Å². The first-order chi connectivity index (χ1) is 7.88. The molecule has 2 heteroatoms. The van der Waals surface area contributed by atoms with Gasteiger partial charge in [0, 0.05) is 25.3 Å². The Kier molecular flexibility index (Phi) is 5.11. The van der Waals surface area contributed by atoms with Gasteiger partial charge in [0.25, 0.3) is 0 Å². The second kappa shape index (κ2) is 6.61. The highest BCUT2D eigenvalue weighted by Gasteiger charge is 2.23. The summed E-state index contributed by atoms with van der Waals surface area (Å²) < 4.78 is 5.40. The van der Waals surface area contributed by atoms with E-state index in [1.807, 2.05) is 0 Å². The van der Waals surface area contributed by atoms with Gasteiger partial charge in [0.05, 0.1) is 0 Å². The number of nitrogens with one attached hydrogen (secondary N) is 1. The van der Waals surface area contributed by atoms with E-state index < -0.39 is 0 Å². The van der Waals surface area contributed by atoms with Crippen molar-refractivity contribution < 1.29 is 4.74 Å². The van der Waals surface area contributed by atoms with Crippen molar-refractivity contribution in [3.8, 4) is 0 Å². The molecule has 2 fully saturated rings. The molecule has 0 aromatic rings. The first-order valence-corrected chi connectivity index (χ1v) is 7.22. The Balaban J connectivity index is 1.64. The second-order valence-electron chi connectivity index (χ2n) is 5.56. The molecule has 0 aromatic carbocycles. The molecule has 1 aliphatic heterocycles. The van der Waals surface area contributed by atoms with Crippen LogP contribution in [0.3, 0.4) is 0 Å². The van der Waals surface area contributed by atoms with E-state index in [0.717, 1.165) is 31.2 Å². The summed E-state index contributed by atoms with van der Waals surface area (Å²) >= 11 is 0. The van der Waals surface area contributed by atoms with Gasteiger partial charge in [-0.3, -0.25) is 0 Å². The predicted octanol–water partition coefficient (Wildman–Crippen LogP) is 3.11. The molecule has 0 spiro atoms. The largest absolute Gasteiger partial charge is 0.381 e.